The van der Waals surface area contributed by atoms with Gasteiger partial charge < -0.3 is 20.6 Å². The Morgan fingerprint density at radius 3 is 2.38 bits per heavy atom. The Morgan fingerprint density at radius 2 is 1.78 bits per heavy atom. The summed E-state index contributed by atoms with van der Waals surface area (Å²) in [6.45, 7) is 8.65. The third-order valence-corrected chi connectivity index (χ3v) is 7.36. The fourth-order valence-corrected chi connectivity index (χ4v) is 5.51. The number of carbonyl (C=O) groups excluding carboxylic acids is 2. The normalized spacial score (nSPS) is 23.0. The van der Waals surface area contributed by atoms with E-state index in [9.17, 15) is 14.7 Å². The van der Waals surface area contributed by atoms with Crippen molar-refractivity contribution in [1.82, 2.24) is 15.5 Å². The highest BCUT2D eigenvalue weighted by Crippen LogP contribution is 2.36. The highest BCUT2D eigenvalue weighted by molar-refractivity contribution is 7.99. The molecular weight excluding hydrogens is 422 g/mol. The van der Waals surface area contributed by atoms with E-state index in [2.05, 4.69) is 27.7 Å². The maximum atomic E-state index is 11.0. The largest absolute Gasteiger partial charge is 0.390 e. The molecule has 32 heavy (non-hydrogen) atoms. The molecule has 6 nitrogen and oxygen atoms in total. The summed E-state index contributed by atoms with van der Waals surface area (Å²) in [5.41, 5.74) is -0.0677. The molecule has 1 heterocycles. The third-order valence-electron chi connectivity index (χ3n) is 6.23. The van der Waals surface area contributed by atoms with Gasteiger partial charge in [0.1, 0.15) is 0 Å². The minimum atomic E-state index is -0.526. The van der Waals surface area contributed by atoms with Crippen LogP contribution in [-0.2, 0) is 9.59 Å². The number of aliphatic hydroxyl groups excluding tert-OH is 1. The van der Waals surface area contributed by atoms with Gasteiger partial charge in [-0.05, 0) is 64.1 Å². The van der Waals surface area contributed by atoms with Crippen LogP contribution in [0.25, 0.3) is 0 Å². The molecule has 0 bridgehead atoms. The zero-order chi connectivity index (χ0) is 23.4. The summed E-state index contributed by atoms with van der Waals surface area (Å²) in [5.74, 6) is 2.40. The predicted octanol–water partition coefficient (Wildman–Crippen LogP) is 3.30. The van der Waals surface area contributed by atoms with Gasteiger partial charge in [-0.3, -0.25) is 9.59 Å². The fraction of sp³-hybridized carbons (Fsp3) is 0.680. The molecule has 3 N–H and O–H groups in total. The molecule has 2 amide bonds. The van der Waals surface area contributed by atoms with Gasteiger partial charge in [0, 0.05) is 29.3 Å². The van der Waals surface area contributed by atoms with Crippen molar-refractivity contribution in [2.24, 2.45) is 11.8 Å². The zero-order valence-corrected chi connectivity index (χ0v) is 20.7. The molecule has 0 unspecified atom stereocenters. The van der Waals surface area contributed by atoms with Crippen LogP contribution in [0.4, 0.5) is 0 Å². The summed E-state index contributed by atoms with van der Waals surface area (Å²) >= 11 is 1.68. The summed E-state index contributed by atoms with van der Waals surface area (Å²) in [7, 11) is 0. The average Bonchev–Trinajstić information content (AvgIpc) is 2.77. The monoisotopic (exact) mass is 463 g/mol. The highest BCUT2D eigenvalue weighted by atomic mass is 32.2. The molecule has 2 fully saturated rings. The van der Waals surface area contributed by atoms with Crippen molar-refractivity contribution in [2.45, 2.75) is 75.5 Å². The molecule has 180 valence electrons. The first-order valence-electron chi connectivity index (χ1n) is 11.8. The number of carbonyl (C=O) groups is 2. The number of rotatable bonds is 9. The minimum Gasteiger partial charge on any atom is -0.390 e. The van der Waals surface area contributed by atoms with Crippen LogP contribution in [0.1, 0.15) is 52.9 Å². The van der Waals surface area contributed by atoms with Crippen LogP contribution in [0, 0.1) is 11.8 Å². The van der Waals surface area contributed by atoms with Gasteiger partial charge >= 0.3 is 0 Å². The molecule has 1 saturated heterocycles. The van der Waals surface area contributed by atoms with Crippen molar-refractivity contribution in [3.8, 4) is 0 Å². The fourth-order valence-electron chi connectivity index (χ4n) is 4.47. The van der Waals surface area contributed by atoms with Gasteiger partial charge in [0.05, 0.1) is 12.1 Å². The number of hydrogen-bond acceptors (Lipinski definition) is 5. The molecule has 4 atom stereocenters. The molecule has 3 rings (SSSR count). The van der Waals surface area contributed by atoms with Crippen LogP contribution in [-0.4, -0.2) is 65.9 Å². The quantitative estimate of drug-likeness (QED) is 0.387. The van der Waals surface area contributed by atoms with Gasteiger partial charge in [0.15, 0.2) is 0 Å². The molecule has 7 heteroatoms. The topological polar surface area (TPSA) is 81.7 Å². The zero-order valence-electron chi connectivity index (χ0n) is 19.8. The molecule has 1 aliphatic carbocycles. The number of nitrogens with one attached hydrogen (secondary N) is 2. The van der Waals surface area contributed by atoms with Gasteiger partial charge in [-0.25, -0.2) is 0 Å². The smallest absolute Gasteiger partial charge is 0.207 e. The number of benzene rings is 1. The number of β-amino-alcohol motifs (C(OH)–C–C–N with tert-alkyl or cyclic N) is 1. The Balaban J connectivity index is 0.000000451. The number of likely N-dealkylation sites (tertiary alicyclic amines) is 1. The number of hydrogen-bond donors (Lipinski definition) is 3. The lowest BCUT2D eigenvalue weighted by Crippen LogP contribution is -2.50. The van der Waals surface area contributed by atoms with E-state index in [1.165, 1.54) is 32.1 Å². The Bertz CT molecular complexity index is 668. The lowest BCUT2D eigenvalue weighted by atomic mass is 9.75. The first-order valence-corrected chi connectivity index (χ1v) is 12.8. The SMILES string of the molecule is CC(C)(C)NC=O.O=CN[C@@H](CSc1ccccc1)[C@H](O)CN1CC[C@@H]2CCCC[C@@H]2C1. The Morgan fingerprint density at radius 1 is 1.09 bits per heavy atom. The van der Waals surface area contributed by atoms with Crippen molar-refractivity contribution < 1.29 is 14.7 Å². The second kappa shape index (κ2) is 13.9. The van der Waals surface area contributed by atoms with E-state index in [0.29, 0.717) is 25.1 Å². The number of amides is 2. The van der Waals surface area contributed by atoms with Crippen molar-refractivity contribution in [3.63, 3.8) is 0 Å². The molecule has 0 radical (unpaired) electrons. The molecule has 2 aliphatic rings. The van der Waals surface area contributed by atoms with Gasteiger partial charge in [-0.15, -0.1) is 11.8 Å². The third kappa shape index (κ3) is 9.92. The van der Waals surface area contributed by atoms with E-state index >= 15 is 0 Å². The molecule has 0 aromatic heterocycles. The summed E-state index contributed by atoms with van der Waals surface area (Å²) in [5, 5.41) is 16.1. The van der Waals surface area contributed by atoms with Crippen LogP contribution < -0.4 is 10.6 Å². The molecule has 1 aromatic carbocycles. The number of fused-ring (bicyclic) bond motifs is 1. The number of nitrogens with zero attached hydrogens (tertiary/aromatic N) is 1. The number of thioether (sulfide) groups is 1. The summed E-state index contributed by atoms with van der Waals surface area (Å²) in [6, 6.07) is 9.91. The number of piperidine rings is 1. The van der Waals surface area contributed by atoms with Crippen LogP contribution in [0.3, 0.4) is 0 Å². The van der Waals surface area contributed by atoms with Crippen molar-refractivity contribution in [1.29, 1.82) is 0 Å². The second-order valence-corrected chi connectivity index (χ2v) is 11.0. The summed E-state index contributed by atoms with van der Waals surface area (Å²) in [4.78, 5) is 24.2. The maximum Gasteiger partial charge on any atom is 0.207 e. The first-order chi connectivity index (χ1) is 15.3. The minimum absolute atomic E-state index is 0.0677. The summed E-state index contributed by atoms with van der Waals surface area (Å²) in [6.07, 6.45) is 7.66. The Labute approximate surface area is 197 Å². The van der Waals surface area contributed by atoms with E-state index in [0.717, 1.165) is 29.8 Å². The first kappa shape index (κ1) is 26.7. The van der Waals surface area contributed by atoms with Crippen molar-refractivity contribution in [3.05, 3.63) is 30.3 Å². The van der Waals surface area contributed by atoms with Gasteiger partial charge in [0.25, 0.3) is 0 Å². The lowest BCUT2D eigenvalue weighted by Gasteiger charge is -2.42. The molecule has 0 spiro atoms. The van der Waals surface area contributed by atoms with E-state index in [1.54, 1.807) is 11.8 Å². The van der Waals surface area contributed by atoms with Crippen LogP contribution in [0.5, 0.6) is 0 Å². The molecule has 1 aromatic rings. The van der Waals surface area contributed by atoms with Gasteiger partial charge in [-0.2, -0.15) is 0 Å². The second-order valence-electron chi connectivity index (χ2n) is 9.95. The van der Waals surface area contributed by atoms with Gasteiger partial charge in [0.2, 0.25) is 12.8 Å². The lowest BCUT2D eigenvalue weighted by molar-refractivity contribution is -0.111. The van der Waals surface area contributed by atoms with E-state index in [1.807, 2.05) is 39.0 Å². The maximum absolute atomic E-state index is 11.0. The predicted molar refractivity (Wildman–Crippen MR) is 132 cm³/mol. The molecule has 1 saturated carbocycles. The highest BCUT2D eigenvalue weighted by Gasteiger charge is 2.32. The van der Waals surface area contributed by atoms with E-state index in [-0.39, 0.29) is 11.6 Å². The van der Waals surface area contributed by atoms with E-state index < -0.39 is 6.10 Å². The Hall–Kier alpha value is -1.57. The van der Waals surface area contributed by atoms with Gasteiger partial charge in [-0.1, -0.05) is 37.5 Å². The Kier molecular flexibility index (Phi) is 11.6. The average molecular weight is 464 g/mol. The molecular formula is C25H41N3O3S. The van der Waals surface area contributed by atoms with Crippen LogP contribution in [0.15, 0.2) is 35.2 Å². The van der Waals surface area contributed by atoms with Crippen LogP contribution in [0.2, 0.25) is 0 Å². The van der Waals surface area contributed by atoms with E-state index in [4.69, 9.17) is 0 Å². The summed E-state index contributed by atoms with van der Waals surface area (Å²) < 4.78 is 0. The molecule has 1 aliphatic heterocycles. The standard InChI is InChI=1S/C20H30N2O2S.C5H11NO/c23-15-21-19(14-25-18-8-2-1-3-9-18)20(24)13-22-11-10-16-6-4-5-7-17(16)12-22;1-5(2,3)6-4-7/h1-3,8-9,15-17,19-20,24H,4-7,10-14H2,(H,21,23);4H,1-3H3,(H,6,7)/t16-,17+,19-,20+;/m0./s1. The number of aliphatic hydroxyl groups is 1. The van der Waals surface area contributed by atoms with Crippen molar-refractivity contribution >= 4 is 24.6 Å². The van der Waals surface area contributed by atoms with Crippen molar-refractivity contribution in [2.75, 3.05) is 25.4 Å². The van der Waals surface area contributed by atoms with Crippen LogP contribution >= 0.6 is 11.8 Å².